The van der Waals surface area contributed by atoms with Crippen LogP contribution >= 0.6 is 0 Å². The van der Waals surface area contributed by atoms with Crippen molar-refractivity contribution in [3.63, 3.8) is 0 Å². The Labute approximate surface area is 45.3 Å². The van der Waals surface area contributed by atoms with E-state index in [4.69, 9.17) is 9.59 Å². The highest BCUT2D eigenvalue weighted by Gasteiger charge is 1.60. The Morgan fingerprint density at radius 2 is 1.62 bits per heavy atom. The number of nitrogens with zero attached hydrogens (tertiary/aromatic N) is 1. The van der Waals surface area contributed by atoms with Crippen molar-refractivity contribution in [2.75, 3.05) is 0 Å². The summed E-state index contributed by atoms with van der Waals surface area (Å²) in [4.78, 5) is 17.8. The molecule has 0 spiro atoms. The minimum atomic E-state index is -0.833. The molecule has 6 heteroatoms. The Bertz CT molecular complexity index is 101. The molecule has 46 valence electrons. The van der Waals surface area contributed by atoms with Gasteiger partial charge in [-0.15, -0.1) is 0 Å². The van der Waals surface area contributed by atoms with Gasteiger partial charge in [0.25, 0.3) is 6.08 Å². The van der Waals surface area contributed by atoms with Gasteiger partial charge in [0.1, 0.15) is 0 Å². The zero-order valence-electron chi connectivity index (χ0n) is 4.00. The van der Waals surface area contributed by atoms with E-state index in [0.29, 0.717) is 0 Å². The van der Waals surface area contributed by atoms with Crippen molar-refractivity contribution < 1.29 is 9.59 Å². The van der Waals surface area contributed by atoms with Crippen LogP contribution in [-0.4, -0.2) is 12.1 Å². The number of nitrogens with two attached hydrogens (primary N) is 3. The van der Waals surface area contributed by atoms with E-state index in [0.717, 1.165) is 6.08 Å². The summed E-state index contributed by atoms with van der Waals surface area (Å²) in [6.45, 7) is 0. The average Bonchev–Trinajstić information content (AvgIpc) is 1.65. The Hall–Kier alpha value is -1.55. The van der Waals surface area contributed by atoms with Crippen molar-refractivity contribution in [3.8, 4) is 0 Å². The molecule has 0 atom stereocenters. The summed E-state index contributed by atoms with van der Waals surface area (Å²) in [5, 5.41) is 2.43. The van der Waals surface area contributed by atoms with Crippen LogP contribution in [0.25, 0.3) is 0 Å². The molecule has 0 rings (SSSR count). The number of hydrogen-bond donors (Lipinski definition) is 3. The molecule has 6 nitrogen and oxygen atoms in total. The number of primary amides is 2. The summed E-state index contributed by atoms with van der Waals surface area (Å²) >= 11 is 0. The average molecular weight is 118 g/mol. The highest BCUT2D eigenvalue weighted by molar-refractivity contribution is 5.69. The predicted octanol–water partition coefficient (Wildman–Crippen LogP) is -1.78. The van der Waals surface area contributed by atoms with Crippen LogP contribution < -0.4 is 17.3 Å². The van der Waals surface area contributed by atoms with Crippen LogP contribution in [0.3, 0.4) is 0 Å². The number of carbonyl (C=O) groups is 1. The van der Waals surface area contributed by atoms with Gasteiger partial charge in [-0.05, 0) is 0 Å². The molecule has 0 aliphatic rings. The topological polar surface area (TPSA) is 125 Å². The minimum absolute atomic E-state index is 0.833. The van der Waals surface area contributed by atoms with Crippen molar-refractivity contribution in [2.24, 2.45) is 22.4 Å². The molecule has 6 N–H and O–H groups in total. The number of hydrogen-bond acceptors (Lipinski definition) is 4. The van der Waals surface area contributed by atoms with Gasteiger partial charge >= 0.3 is 6.03 Å². The molecule has 2 amide bonds. The largest absolute Gasteiger partial charge is 0.352 e. The third-order valence-corrected chi connectivity index (χ3v) is 0.0527. The summed E-state index contributed by atoms with van der Waals surface area (Å²) < 4.78 is 0. The molecule has 8 heavy (non-hydrogen) atoms. The van der Waals surface area contributed by atoms with Crippen molar-refractivity contribution in [2.45, 2.75) is 0 Å². The van der Waals surface area contributed by atoms with Crippen molar-refractivity contribution in [1.29, 1.82) is 0 Å². The summed E-state index contributed by atoms with van der Waals surface area (Å²) in [5.74, 6) is 4.23. The lowest BCUT2D eigenvalue weighted by atomic mass is 11.2. The first-order chi connectivity index (χ1) is 3.65. The van der Waals surface area contributed by atoms with Gasteiger partial charge in [0, 0.05) is 0 Å². The van der Waals surface area contributed by atoms with Crippen LogP contribution in [0.1, 0.15) is 0 Å². The predicted molar refractivity (Wildman–Crippen MR) is 26.1 cm³/mol. The van der Waals surface area contributed by atoms with Crippen molar-refractivity contribution in [3.05, 3.63) is 0 Å². The smallest absolute Gasteiger partial charge is 0.309 e. The van der Waals surface area contributed by atoms with Crippen LogP contribution in [0.4, 0.5) is 4.79 Å². The third kappa shape index (κ3) is 175. The summed E-state index contributed by atoms with van der Waals surface area (Å²) in [6, 6.07) is -0.833. The van der Waals surface area contributed by atoms with E-state index in [1.807, 2.05) is 0 Å². The molecular formula is C2H6N4O2. The number of hydrazone groups is 1. The highest BCUT2D eigenvalue weighted by Crippen LogP contribution is 1.25. The first-order valence-electron chi connectivity index (χ1n) is 1.47. The molecule has 0 aromatic rings. The fraction of sp³-hybridized carbons (Fsp3) is 0. The van der Waals surface area contributed by atoms with Gasteiger partial charge in [0.2, 0.25) is 0 Å². The van der Waals surface area contributed by atoms with E-state index in [9.17, 15) is 0 Å². The Morgan fingerprint density at radius 3 is 1.62 bits per heavy atom. The molecule has 0 radical (unpaired) electrons. The number of urea groups is 1. The summed E-state index contributed by atoms with van der Waals surface area (Å²) in [6.07, 6.45) is 1.08. The SMILES string of the molecule is NC(N)=O.NN=C=O. The second kappa shape index (κ2) is 9.07. The number of rotatable bonds is 0. The van der Waals surface area contributed by atoms with Crippen molar-refractivity contribution >= 4 is 12.1 Å². The first kappa shape index (κ1) is 9.67. The lowest BCUT2D eigenvalue weighted by molar-refractivity contribution is 0.256. The van der Waals surface area contributed by atoms with Gasteiger partial charge < -0.3 is 17.3 Å². The molecule has 0 bridgehead atoms. The van der Waals surface area contributed by atoms with Gasteiger partial charge in [-0.25, -0.2) is 9.59 Å². The van der Waals surface area contributed by atoms with Gasteiger partial charge in [0.05, 0.1) is 0 Å². The zero-order chi connectivity index (χ0) is 6.99. The van der Waals surface area contributed by atoms with E-state index in [-0.39, 0.29) is 0 Å². The maximum atomic E-state index is 9.00. The molecule has 0 saturated carbocycles. The van der Waals surface area contributed by atoms with Crippen LogP contribution in [0.2, 0.25) is 0 Å². The molecule has 0 unspecified atom stereocenters. The molecule has 0 aliphatic heterocycles. The Balaban J connectivity index is 0. The first-order valence-corrected chi connectivity index (χ1v) is 1.47. The lowest BCUT2D eigenvalue weighted by Gasteiger charge is -1.62. The second-order valence-electron chi connectivity index (χ2n) is 0.623. The second-order valence-corrected chi connectivity index (χ2v) is 0.623. The van der Waals surface area contributed by atoms with E-state index in [2.05, 4.69) is 22.4 Å². The van der Waals surface area contributed by atoms with E-state index in [1.54, 1.807) is 0 Å². The quantitative estimate of drug-likeness (QED) is 0.151. The minimum Gasteiger partial charge on any atom is -0.352 e. The Morgan fingerprint density at radius 1 is 1.50 bits per heavy atom. The van der Waals surface area contributed by atoms with Crippen LogP contribution in [0.5, 0.6) is 0 Å². The monoisotopic (exact) mass is 118 g/mol. The maximum Gasteiger partial charge on any atom is 0.309 e. The van der Waals surface area contributed by atoms with Crippen molar-refractivity contribution in [1.82, 2.24) is 0 Å². The van der Waals surface area contributed by atoms with E-state index < -0.39 is 6.03 Å². The molecule has 0 heterocycles. The molecule has 0 aromatic carbocycles. The van der Waals surface area contributed by atoms with Crippen LogP contribution in [0.15, 0.2) is 5.10 Å². The fourth-order valence-corrected chi connectivity index (χ4v) is 0. The van der Waals surface area contributed by atoms with Gasteiger partial charge in [-0.3, -0.25) is 0 Å². The van der Waals surface area contributed by atoms with Gasteiger partial charge in [0.15, 0.2) is 0 Å². The number of amides is 2. The lowest BCUT2D eigenvalue weighted by Crippen LogP contribution is -2.18. The molecule has 0 fully saturated rings. The maximum absolute atomic E-state index is 9.00. The standard InChI is InChI=1S/CH2N2O.CH4N2O/c2-3-1-4;2-1(3)4/h2H2;(H4,2,3,4). The van der Waals surface area contributed by atoms with E-state index in [1.165, 1.54) is 0 Å². The zero-order valence-corrected chi connectivity index (χ0v) is 4.00. The molecular weight excluding hydrogens is 112 g/mol. The van der Waals surface area contributed by atoms with Crippen LogP contribution in [0, 0.1) is 0 Å². The highest BCUT2D eigenvalue weighted by atomic mass is 16.2. The van der Waals surface area contributed by atoms with Gasteiger partial charge in [-0.2, -0.15) is 0 Å². The number of carbonyl (C=O) groups excluding carboxylic acids is 2. The Kier molecular flexibility index (Phi) is 11.0. The fourth-order valence-electron chi connectivity index (χ4n) is 0. The molecule has 0 aliphatic carbocycles. The third-order valence-electron chi connectivity index (χ3n) is 0.0527. The summed E-state index contributed by atoms with van der Waals surface area (Å²) in [5.41, 5.74) is 8.50. The normalized spacial score (nSPS) is 5.00. The summed E-state index contributed by atoms with van der Waals surface area (Å²) in [7, 11) is 0. The van der Waals surface area contributed by atoms with E-state index >= 15 is 0 Å². The number of isocyanates is 1. The van der Waals surface area contributed by atoms with Gasteiger partial charge in [-0.1, -0.05) is 5.10 Å². The van der Waals surface area contributed by atoms with Crippen LogP contribution in [-0.2, 0) is 4.79 Å². The molecule has 0 aromatic heterocycles. The molecule has 0 saturated heterocycles.